The van der Waals surface area contributed by atoms with Gasteiger partial charge in [-0.15, -0.1) is 0 Å². The molecule has 0 aliphatic carbocycles. The summed E-state index contributed by atoms with van der Waals surface area (Å²) < 4.78 is 5.73. The second kappa shape index (κ2) is 10.7. The summed E-state index contributed by atoms with van der Waals surface area (Å²) in [5.74, 6) is 0.780. The monoisotopic (exact) mass is 367 g/mol. The first-order chi connectivity index (χ1) is 13.7. The van der Waals surface area contributed by atoms with E-state index in [0.717, 1.165) is 11.4 Å². The highest BCUT2D eigenvalue weighted by atomic mass is 16.5. The van der Waals surface area contributed by atoms with Crippen LogP contribution in [-0.4, -0.2) is 19.7 Å². The van der Waals surface area contributed by atoms with Crippen molar-refractivity contribution in [2.75, 3.05) is 24.6 Å². The van der Waals surface area contributed by atoms with E-state index in [4.69, 9.17) is 20.5 Å². The summed E-state index contributed by atoms with van der Waals surface area (Å²) in [5, 5.41) is 36.1. The van der Waals surface area contributed by atoms with Crippen molar-refractivity contribution in [2.24, 2.45) is 0 Å². The average Bonchev–Trinajstić information content (AvgIpc) is 2.75. The minimum absolute atomic E-state index is 0.0486. The van der Waals surface area contributed by atoms with Crippen LogP contribution in [0.4, 0.5) is 5.69 Å². The van der Waals surface area contributed by atoms with Crippen LogP contribution < -0.4 is 9.64 Å². The van der Waals surface area contributed by atoms with Crippen LogP contribution in [0.3, 0.4) is 0 Å². The van der Waals surface area contributed by atoms with Gasteiger partial charge in [-0.1, -0.05) is 30.3 Å². The predicted molar refractivity (Wildman–Crippen MR) is 105 cm³/mol. The van der Waals surface area contributed by atoms with Crippen LogP contribution in [0.25, 0.3) is 5.57 Å². The first-order valence-corrected chi connectivity index (χ1v) is 8.58. The van der Waals surface area contributed by atoms with Crippen molar-refractivity contribution in [2.45, 2.75) is 6.42 Å². The van der Waals surface area contributed by atoms with Crippen LogP contribution in [0.1, 0.15) is 12.0 Å². The van der Waals surface area contributed by atoms with Crippen molar-refractivity contribution in [3.05, 3.63) is 65.7 Å². The van der Waals surface area contributed by atoms with Crippen LogP contribution >= 0.6 is 0 Å². The third kappa shape index (κ3) is 5.37. The second-order valence-corrected chi connectivity index (χ2v) is 5.69. The van der Waals surface area contributed by atoms with Gasteiger partial charge in [-0.05, 0) is 29.8 Å². The van der Waals surface area contributed by atoms with Gasteiger partial charge in [0.15, 0.2) is 0 Å². The number of benzene rings is 2. The molecule has 0 amide bonds. The van der Waals surface area contributed by atoms with E-state index in [0.29, 0.717) is 31.7 Å². The lowest BCUT2D eigenvalue weighted by molar-refractivity contribution is 0.324. The van der Waals surface area contributed by atoms with Crippen LogP contribution in [0.2, 0.25) is 0 Å². The molecule has 0 atom stereocenters. The van der Waals surface area contributed by atoms with Gasteiger partial charge in [0.2, 0.25) is 0 Å². The quantitative estimate of drug-likeness (QED) is 0.657. The van der Waals surface area contributed by atoms with Crippen molar-refractivity contribution >= 4 is 11.3 Å². The maximum Gasteiger partial charge on any atom is 0.148 e. The molecule has 0 fully saturated rings. The number of anilines is 1. The first kappa shape index (κ1) is 20.1. The molecule has 0 aromatic heterocycles. The summed E-state index contributed by atoms with van der Waals surface area (Å²) in [4.78, 5) is 2.02. The van der Waals surface area contributed by atoms with Crippen molar-refractivity contribution in [1.29, 1.82) is 21.0 Å². The van der Waals surface area contributed by atoms with Crippen molar-refractivity contribution in [3.63, 3.8) is 0 Å². The van der Waals surface area contributed by atoms with Crippen molar-refractivity contribution in [3.8, 4) is 30.0 Å². The van der Waals surface area contributed by atoms with Gasteiger partial charge in [0.05, 0.1) is 24.6 Å². The van der Waals surface area contributed by atoms with Gasteiger partial charge in [-0.3, -0.25) is 0 Å². The lowest BCUT2D eigenvalue weighted by atomic mass is 10.0. The van der Waals surface area contributed by atoms with E-state index in [-0.39, 0.29) is 11.1 Å². The molecular weight excluding hydrogens is 350 g/mol. The second-order valence-electron chi connectivity index (χ2n) is 5.69. The molecule has 0 saturated heterocycles. The van der Waals surface area contributed by atoms with Gasteiger partial charge in [-0.25, -0.2) is 0 Å². The van der Waals surface area contributed by atoms with Crippen molar-refractivity contribution < 1.29 is 4.74 Å². The minimum Gasteiger partial charge on any atom is -0.492 e. The van der Waals surface area contributed by atoms with E-state index in [1.807, 2.05) is 41.3 Å². The molecule has 0 radical (unpaired) electrons. The summed E-state index contributed by atoms with van der Waals surface area (Å²) >= 11 is 0. The highest BCUT2D eigenvalue weighted by molar-refractivity contribution is 5.84. The standard InChI is InChI=1S/C22H17N5O/c23-11-4-12-27(13-14-28-21-5-2-1-3-6-21)20-9-7-18(8-10-20)22(17-26)19(15-24)16-25/h1-3,5-10H,4,12-14H2. The smallest absolute Gasteiger partial charge is 0.148 e. The number of nitriles is 4. The Bertz CT molecular complexity index is 967. The van der Waals surface area contributed by atoms with E-state index in [9.17, 15) is 5.26 Å². The molecule has 2 aromatic carbocycles. The minimum atomic E-state index is -0.215. The summed E-state index contributed by atoms with van der Waals surface area (Å²) in [7, 11) is 0. The number of rotatable bonds is 8. The Morgan fingerprint density at radius 1 is 0.821 bits per heavy atom. The Balaban J connectivity index is 2.15. The fourth-order valence-electron chi connectivity index (χ4n) is 2.59. The fraction of sp³-hybridized carbons (Fsp3) is 0.182. The zero-order valence-electron chi connectivity index (χ0n) is 15.2. The molecule has 0 N–H and O–H groups in total. The Morgan fingerprint density at radius 2 is 1.50 bits per heavy atom. The lowest BCUT2D eigenvalue weighted by Gasteiger charge is -2.24. The number of hydrogen-bond donors (Lipinski definition) is 0. The third-order valence-corrected chi connectivity index (χ3v) is 3.97. The number of para-hydroxylation sites is 1. The average molecular weight is 367 g/mol. The number of hydrogen-bond acceptors (Lipinski definition) is 6. The van der Waals surface area contributed by atoms with Gasteiger partial charge < -0.3 is 9.64 Å². The highest BCUT2D eigenvalue weighted by Gasteiger charge is 2.11. The van der Waals surface area contributed by atoms with Crippen LogP contribution in [0.5, 0.6) is 5.75 Å². The Labute approximate surface area is 164 Å². The molecule has 0 aliphatic rings. The molecule has 6 heteroatoms. The fourth-order valence-corrected chi connectivity index (χ4v) is 2.59. The summed E-state index contributed by atoms with van der Waals surface area (Å²) in [6, 6.07) is 24.0. The molecule has 6 nitrogen and oxygen atoms in total. The Morgan fingerprint density at radius 3 is 2.07 bits per heavy atom. The topological polar surface area (TPSA) is 108 Å². The third-order valence-electron chi connectivity index (χ3n) is 3.97. The van der Waals surface area contributed by atoms with Crippen LogP contribution in [0.15, 0.2) is 60.2 Å². The van der Waals surface area contributed by atoms with Crippen LogP contribution in [-0.2, 0) is 0 Å². The van der Waals surface area contributed by atoms with E-state index in [1.165, 1.54) is 0 Å². The number of nitrogens with zero attached hydrogens (tertiary/aromatic N) is 5. The lowest BCUT2D eigenvalue weighted by Crippen LogP contribution is -2.29. The maximum absolute atomic E-state index is 9.26. The molecule has 2 aromatic rings. The summed E-state index contributed by atoms with van der Waals surface area (Å²) in [6.45, 7) is 1.57. The SMILES string of the molecule is N#CCCN(CCOc1ccccc1)c1ccc(C(C#N)=C(C#N)C#N)cc1. The number of allylic oxidation sites excluding steroid dienone is 2. The van der Waals surface area contributed by atoms with Crippen LogP contribution in [0, 0.1) is 45.3 Å². The van der Waals surface area contributed by atoms with Gasteiger partial charge in [0.1, 0.15) is 36.1 Å². The molecule has 0 aliphatic heterocycles. The van der Waals surface area contributed by atoms with Gasteiger partial charge in [-0.2, -0.15) is 21.0 Å². The van der Waals surface area contributed by atoms with E-state index in [2.05, 4.69) is 6.07 Å². The van der Waals surface area contributed by atoms with E-state index in [1.54, 1.807) is 36.4 Å². The zero-order chi connectivity index (χ0) is 20.2. The zero-order valence-corrected chi connectivity index (χ0v) is 15.2. The Kier molecular flexibility index (Phi) is 7.64. The van der Waals surface area contributed by atoms with Gasteiger partial charge >= 0.3 is 0 Å². The van der Waals surface area contributed by atoms with E-state index < -0.39 is 0 Å². The molecule has 2 rings (SSSR count). The molecule has 28 heavy (non-hydrogen) atoms. The molecule has 0 unspecified atom stereocenters. The normalized spacial score (nSPS) is 9.14. The number of ether oxygens (including phenoxy) is 1. The van der Waals surface area contributed by atoms with E-state index >= 15 is 0 Å². The maximum atomic E-state index is 9.26. The molecule has 0 heterocycles. The molecule has 136 valence electrons. The Hall–Kier alpha value is -4.26. The largest absolute Gasteiger partial charge is 0.492 e. The summed E-state index contributed by atoms with van der Waals surface area (Å²) in [6.07, 6.45) is 0.365. The van der Waals surface area contributed by atoms with Crippen molar-refractivity contribution in [1.82, 2.24) is 0 Å². The molecular formula is C22H17N5O. The first-order valence-electron chi connectivity index (χ1n) is 8.58. The summed E-state index contributed by atoms with van der Waals surface area (Å²) in [5.41, 5.74) is 1.20. The highest BCUT2D eigenvalue weighted by Crippen LogP contribution is 2.22. The predicted octanol–water partition coefficient (Wildman–Crippen LogP) is 3.81. The van der Waals surface area contributed by atoms with Gasteiger partial charge in [0.25, 0.3) is 0 Å². The van der Waals surface area contributed by atoms with Gasteiger partial charge in [0, 0.05) is 12.2 Å². The molecule has 0 saturated carbocycles. The molecule has 0 spiro atoms. The molecule has 0 bridgehead atoms.